The number of hydrogen-bond acceptors (Lipinski definition) is 4. The summed E-state index contributed by atoms with van der Waals surface area (Å²) in [4.78, 5) is 27.6. The first-order valence-corrected chi connectivity index (χ1v) is 13.9. The van der Waals surface area contributed by atoms with Crippen molar-refractivity contribution in [2.45, 2.75) is 51.6 Å². The molecule has 0 aliphatic carbocycles. The molecule has 1 fully saturated rings. The number of benzene rings is 3. The largest absolute Gasteiger partial charge is 0.496 e. The Labute approximate surface area is 228 Å². The van der Waals surface area contributed by atoms with Gasteiger partial charge in [0.25, 0.3) is 5.91 Å². The van der Waals surface area contributed by atoms with Gasteiger partial charge in [-0.05, 0) is 84.0 Å². The van der Waals surface area contributed by atoms with Gasteiger partial charge in [-0.3, -0.25) is 9.59 Å². The van der Waals surface area contributed by atoms with E-state index in [-0.39, 0.29) is 23.2 Å². The smallest absolute Gasteiger partial charge is 0.251 e. The first kappa shape index (κ1) is 27.1. The maximum atomic E-state index is 13.1. The molecule has 4 rings (SSSR count). The molecule has 3 aromatic rings. The Morgan fingerprint density at radius 2 is 1.76 bits per heavy atom. The SMILES string of the molecule is COc1cc(C)c([C@@H](C)NC(=O)c2ccc([C@H]3SCC(=O)N3Cc3ccc(Cl)cc3)cc2)cc1C(C)C. The van der Waals surface area contributed by atoms with E-state index in [0.717, 1.165) is 33.6 Å². The number of thioether (sulfide) groups is 1. The minimum atomic E-state index is -0.159. The predicted octanol–water partition coefficient (Wildman–Crippen LogP) is 7.05. The van der Waals surface area contributed by atoms with Gasteiger partial charge >= 0.3 is 0 Å². The lowest BCUT2D eigenvalue weighted by molar-refractivity contribution is -0.128. The van der Waals surface area contributed by atoms with Gasteiger partial charge in [-0.25, -0.2) is 0 Å². The van der Waals surface area contributed by atoms with E-state index in [1.165, 1.54) is 0 Å². The fraction of sp³-hybridized carbons (Fsp3) is 0.333. The number of carbonyl (C=O) groups is 2. The van der Waals surface area contributed by atoms with Crippen LogP contribution in [-0.2, 0) is 11.3 Å². The molecular formula is C30H33ClN2O3S. The Balaban J connectivity index is 1.46. The van der Waals surface area contributed by atoms with Crippen molar-refractivity contribution in [1.82, 2.24) is 10.2 Å². The topological polar surface area (TPSA) is 58.6 Å². The Morgan fingerprint density at radius 3 is 2.38 bits per heavy atom. The Morgan fingerprint density at radius 1 is 1.08 bits per heavy atom. The molecule has 0 spiro atoms. The van der Waals surface area contributed by atoms with Gasteiger partial charge in [-0.2, -0.15) is 0 Å². The van der Waals surface area contributed by atoms with E-state index in [1.807, 2.05) is 73.3 Å². The summed E-state index contributed by atoms with van der Waals surface area (Å²) in [6.07, 6.45) is 0. The molecule has 7 heteroatoms. The van der Waals surface area contributed by atoms with Crippen LogP contribution in [0.25, 0.3) is 0 Å². The van der Waals surface area contributed by atoms with Crippen LogP contribution in [0.1, 0.15) is 76.3 Å². The zero-order valence-electron chi connectivity index (χ0n) is 21.9. The van der Waals surface area contributed by atoms with Crippen LogP contribution >= 0.6 is 23.4 Å². The highest BCUT2D eigenvalue weighted by molar-refractivity contribution is 8.00. The van der Waals surface area contributed by atoms with E-state index in [1.54, 1.807) is 18.9 Å². The summed E-state index contributed by atoms with van der Waals surface area (Å²) in [5.41, 5.74) is 5.90. The monoisotopic (exact) mass is 536 g/mol. The van der Waals surface area contributed by atoms with Crippen molar-refractivity contribution in [2.75, 3.05) is 12.9 Å². The van der Waals surface area contributed by atoms with Crippen LogP contribution in [0.2, 0.25) is 5.02 Å². The third kappa shape index (κ3) is 6.13. The number of halogens is 1. The van der Waals surface area contributed by atoms with E-state index in [2.05, 4.69) is 25.2 Å². The second-order valence-electron chi connectivity index (χ2n) is 9.73. The lowest BCUT2D eigenvalue weighted by Crippen LogP contribution is -2.28. The number of carbonyl (C=O) groups excluding carboxylic acids is 2. The maximum Gasteiger partial charge on any atom is 0.251 e. The van der Waals surface area contributed by atoms with E-state index in [4.69, 9.17) is 16.3 Å². The highest BCUT2D eigenvalue weighted by atomic mass is 35.5. The highest BCUT2D eigenvalue weighted by Crippen LogP contribution is 2.39. The molecule has 0 radical (unpaired) electrons. The number of nitrogens with one attached hydrogen (secondary N) is 1. The Bertz CT molecular complexity index is 1280. The maximum absolute atomic E-state index is 13.1. The summed E-state index contributed by atoms with van der Waals surface area (Å²) in [5.74, 6) is 1.60. The standard InChI is InChI=1S/C30H33ClN2O3S/c1-18(2)25-15-26(19(3)14-27(25)36-5)20(4)32-29(35)22-8-10-23(11-9-22)30-33(28(34)17-37-30)16-21-6-12-24(31)13-7-21/h6-15,18,20,30H,16-17H2,1-5H3,(H,32,35)/t20-,30-/m1/s1. The van der Waals surface area contributed by atoms with Crippen molar-refractivity contribution in [1.29, 1.82) is 0 Å². The molecule has 1 heterocycles. The molecule has 0 saturated carbocycles. The third-order valence-electron chi connectivity index (χ3n) is 6.75. The van der Waals surface area contributed by atoms with E-state index < -0.39 is 0 Å². The first-order chi connectivity index (χ1) is 17.7. The summed E-state index contributed by atoms with van der Waals surface area (Å²) in [7, 11) is 1.69. The number of methoxy groups -OCH3 is 1. The van der Waals surface area contributed by atoms with Crippen LogP contribution in [0.5, 0.6) is 5.75 Å². The normalized spacial score (nSPS) is 16.2. The molecular weight excluding hydrogens is 504 g/mol. The molecule has 37 heavy (non-hydrogen) atoms. The number of aryl methyl sites for hydroxylation is 1. The van der Waals surface area contributed by atoms with Crippen LogP contribution < -0.4 is 10.1 Å². The van der Waals surface area contributed by atoms with Gasteiger partial charge < -0.3 is 15.0 Å². The first-order valence-electron chi connectivity index (χ1n) is 12.4. The molecule has 1 N–H and O–H groups in total. The average molecular weight is 537 g/mol. The molecule has 1 saturated heterocycles. The minimum absolute atomic E-state index is 0.0874. The van der Waals surface area contributed by atoms with Gasteiger partial charge in [-0.1, -0.05) is 49.7 Å². The molecule has 1 aliphatic heterocycles. The fourth-order valence-electron chi connectivity index (χ4n) is 4.65. The predicted molar refractivity (Wildman–Crippen MR) is 151 cm³/mol. The summed E-state index contributed by atoms with van der Waals surface area (Å²) in [5, 5.41) is 3.73. The second kappa shape index (κ2) is 11.6. The minimum Gasteiger partial charge on any atom is -0.496 e. The van der Waals surface area contributed by atoms with Gasteiger partial charge in [0.15, 0.2) is 0 Å². The summed E-state index contributed by atoms with van der Waals surface area (Å²) < 4.78 is 5.56. The zero-order valence-corrected chi connectivity index (χ0v) is 23.5. The highest BCUT2D eigenvalue weighted by Gasteiger charge is 2.32. The van der Waals surface area contributed by atoms with Crippen molar-refractivity contribution in [3.8, 4) is 5.75 Å². The molecule has 2 atom stereocenters. The number of ether oxygens (including phenoxy) is 1. The summed E-state index contributed by atoms with van der Waals surface area (Å²) in [6, 6.07) is 19.1. The van der Waals surface area contributed by atoms with Crippen LogP contribution in [0.4, 0.5) is 0 Å². The van der Waals surface area contributed by atoms with Crippen molar-refractivity contribution in [2.24, 2.45) is 0 Å². The Kier molecular flexibility index (Phi) is 8.50. The fourth-order valence-corrected chi connectivity index (χ4v) is 5.97. The van der Waals surface area contributed by atoms with Gasteiger partial charge in [0.05, 0.1) is 18.9 Å². The molecule has 1 aliphatic rings. The van der Waals surface area contributed by atoms with Crippen LogP contribution in [-0.4, -0.2) is 29.6 Å². The molecule has 194 valence electrons. The lowest BCUT2D eigenvalue weighted by Gasteiger charge is -2.24. The lowest BCUT2D eigenvalue weighted by atomic mass is 9.93. The quantitative estimate of drug-likeness (QED) is 0.335. The zero-order chi connectivity index (χ0) is 26.7. The second-order valence-corrected chi connectivity index (χ2v) is 11.2. The van der Waals surface area contributed by atoms with Crippen molar-refractivity contribution < 1.29 is 14.3 Å². The molecule has 3 aromatic carbocycles. The summed E-state index contributed by atoms with van der Waals surface area (Å²) >= 11 is 7.61. The summed E-state index contributed by atoms with van der Waals surface area (Å²) in [6.45, 7) is 8.83. The third-order valence-corrected chi connectivity index (χ3v) is 8.25. The van der Waals surface area contributed by atoms with E-state index >= 15 is 0 Å². The van der Waals surface area contributed by atoms with Crippen molar-refractivity contribution >= 4 is 35.2 Å². The number of rotatable bonds is 8. The number of hydrogen-bond donors (Lipinski definition) is 1. The molecule has 2 amide bonds. The van der Waals surface area contributed by atoms with Crippen LogP contribution in [0.3, 0.4) is 0 Å². The molecule has 0 aromatic heterocycles. The van der Waals surface area contributed by atoms with Gasteiger partial charge in [0.1, 0.15) is 11.1 Å². The van der Waals surface area contributed by atoms with E-state index in [9.17, 15) is 9.59 Å². The van der Waals surface area contributed by atoms with Gasteiger partial charge in [0.2, 0.25) is 5.91 Å². The average Bonchev–Trinajstić information content (AvgIpc) is 3.24. The van der Waals surface area contributed by atoms with E-state index in [0.29, 0.717) is 28.8 Å². The van der Waals surface area contributed by atoms with Crippen molar-refractivity contribution in [3.05, 3.63) is 99.1 Å². The van der Waals surface area contributed by atoms with Crippen LogP contribution in [0.15, 0.2) is 60.7 Å². The Hall–Kier alpha value is -2.96. The van der Waals surface area contributed by atoms with Crippen LogP contribution in [0, 0.1) is 6.92 Å². The number of nitrogens with zero attached hydrogens (tertiary/aromatic N) is 1. The molecule has 5 nitrogen and oxygen atoms in total. The molecule has 0 bridgehead atoms. The molecule has 0 unspecified atom stereocenters. The van der Waals surface area contributed by atoms with Gasteiger partial charge in [0, 0.05) is 17.1 Å². The van der Waals surface area contributed by atoms with Gasteiger partial charge in [-0.15, -0.1) is 11.8 Å². The number of amides is 2. The van der Waals surface area contributed by atoms with Crippen molar-refractivity contribution in [3.63, 3.8) is 0 Å².